The van der Waals surface area contributed by atoms with E-state index in [4.69, 9.17) is 18.8 Å². The van der Waals surface area contributed by atoms with Crippen molar-refractivity contribution in [1.82, 2.24) is 9.97 Å². The predicted octanol–water partition coefficient (Wildman–Crippen LogP) is 10.6. The first-order valence-electron chi connectivity index (χ1n) is 16.4. The molecule has 0 fully saturated rings. The number of para-hydroxylation sites is 4. The number of nitrogens with zero attached hydrogens (tertiary/aromatic N) is 5. The van der Waals surface area contributed by atoms with E-state index in [2.05, 4.69) is 56.3 Å². The molecule has 0 saturated heterocycles. The molecule has 238 valence electrons. The lowest BCUT2D eigenvalue weighted by atomic mass is 9.80. The van der Waals surface area contributed by atoms with Crippen molar-refractivity contribution in [2.24, 2.45) is 0 Å². The SMILES string of the molecule is CC1(C)c2ccccc2-c2ccc(-c3c(C#N)cc(C#N)c(-c4cc(-c5nc6ccccc6o5)cc(-c5nc6ccccc6o5)c4)c3C#N)cc21. The van der Waals surface area contributed by atoms with Crippen LogP contribution < -0.4 is 0 Å². The van der Waals surface area contributed by atoms with Crippen LogP contribution in [0.4, 0.5) is 0 Å². The van der Waals surface area contributed by atoms with E-state index in [1.807, 2.05) is 84.9 Å². The van der Waals surface area contributed by atoms with Crippen LogP contribution in [0.5, 0.6) is 0 Å². The minimum absolute atomic E-state index is 0.193. The van der Waals surface area contributed by atoms with Crippen molar-refractivity contribution in [3.05, 3.63) is 143 Å². The number of fused-ring (bicyclic) bond motifs is 5. The van der Waals surface area contributed by atoms with Gasteiger partial charge in [0.25, 0.3) is 0 Å². The molecule has 7 nitrogen and oxygen atoms in total. The molecule has 51 heavy (non-hydrogen) atoms. The Balaban J connectivity index is 1.30. The third-order valence-corrected chi connectivity index (χ3v) is 9.86. The van der Waals surface area contributed by atoms with Crippen molar-refractivity contribution >= 4 is 22.2 Å². The average molecular weight is 656 g/mol. The number of hydrogen-bond donors (Lipinski definition) is 0. The molecular formula is C44H25N5O2. The van der Waals surface area contributed by atoms with Gasteiger partial charge in [-0.05, 0) is 88.0 Å². The molecule has 0 amide bonds. The van der Waals surface area contributed by atoms with Crippen LogP contribution in [-0.2, 0) is 5.41 Å². The lowest BCUT2D eigenvalue weighted by molar-refractivity contribution is 0.617. The number of hydrogen-bond acceptors (Lipinski definition) is 7. The second-order valence-corrected chi connectivity index (χ2v) is 13.1. The summed E-state index contributed by atoms with van der Waals surface area (Å²) in [4.78, 5) is 9.49. The Bertz CT molecular complexity index is 2730. The summed E-state index contributed by atoms with van der Waals surface area (Å²) in [6.45, 7) is 4.38. The van der Waals surface area contributed by atoms with E-state index in [-0.39, 0.29) is 22.1 Å². The monoisotopic (exact) mass is 655 g/mol. The molecule has 1 aliphatic rings. The number of rotatable bonds is 4. The van der Waals surface area contributed by atoms with E-state index < -0.39 is 0 Å². The van der Waals surface area contributed by atoms with Crippen molar-refractivity contribution in [1.29, 1.82) is 15.8 Å². The van der Waals surface area contributed by atoms with Crippen LogP contribution >= 0.6 is 0 Å². The molecule has 0 bridgehead atoms. The van der Waals surface area contributed by atoms with E-state index in [0.717, 1.165) is 16.7 Å². The van der Waals surface area contributed by atoms with Crippen LogP contribution in [0.1, 0.15) is 41.7 Å². The summed E-state index contributed by atoms with van der Waals surface area (Å²) in [5.41, 5.74) is 11.0. The largest absolute Gasteiger partial charge is 0.436 e. The predicted molar refractivity (Wildman–Crippen MR) is 195 cm³/mol. The second-order valence-electron chi connectivity index (χ2n) is 13.1. The molecular weight excluding hydrogens is 631 g/mol. The summed E-state index contributed by atoms with van der Waals surface area (Å²) >= 11 is 0. The van der Waals surface area contributed by atoms with Gasteiger partial charge in [-0.25, -0.2) is 9.97 Å². The van der Waals surface area contributed by atoms with Gasteiger partial charge >= 0.3 is 0 Å². The first-order chi connectivity index (χ1) is 24.9. The van der Waals surface area contributed by atoms with Crippen molar-refractivity contribution in [3.63, 3.8) is 0 Å². The van der Waals surface area contributed by atoms with Gasteiger partial charge in [0, 0.05) is 27.7 Å². The molecule has 0 unspecified atom stereocenters. The molecule has 2 heterocycles. The second kappa shape index (κ2) is 11.1. The van der Waals surface area contributed by atoms with E-state index in [9.17, 15) is 15.8 Å². The lowest BCUT2D eigenvalue weighted by Crippen LogP contribution is -2.15. The van der Waals surface area contributed by atoms with Crippen LogP contribution in [-0.4, -0.2) is 9.97 Å². The molecule has 0 N–H and O–H groups in total. The summed E-state index contributed by atoms with van der Waals surface area (Å²) in [7, 11) is 0. The summed E-state index contributed by atoms with van der Waals surface area (Å²) in [6, 6.07) is 43.6. The average Bonchev–Trinajstić information content (AvgIpc) is 3.87. The van der Waals surface area contributed by atoms with Crippen molar-refractivity contribution in [2.75, 3.05) is 0 Å². The summed E-state index contributed by atoms with van der Waals surface area (Å²) in [5.74, 6) is 0.725. The third kappa shape index (κ3) is 4.56. The zero-order valence-corrected chi connectivity index (χ0v) is 27.5. The Morgan fingerprint density at radius 1 is 0.510 bits per heavy atom. The normalized spacial score (nSPS) is 12.6. The van der Waals surface area contributed by atoms with E-state index in [1.165, 1.54) is 11.1 Å². The van der Waals surface area contributed by atoms with E-state index in [1.54, 1.807) is 6.07 Å². The van der Waals surface area contributed by atoms with Gasteiger partial charge in [-0.1, -0.05) is 74.5 Å². The quantitative estimate of drug-likeness (QED) is 0.185. The third-order valence-electron chi connectivity index (χ3n) is 9.86. The Morgan fingerprint density at radius 3 is 1.63 bits per heavy atom. The highest BCUT2D eigenvalue weighted by molar-refractivity contribution is 5.93. The highest BCUT2D eigenvalue weighted by Gasteiger charge is 2.36. The standard InChI is InChI=1S/C44H25N5O2/c1-44(2)34-10-4-3-9-31(34)32-16-15-25(21-35(32)44)40-29(22-45)20-30(23-46)41(33(40)24-47)26-17-27(42-48-36-11-5-7-13-38(36)50-42)19-28(18-26)43-49-37-12-6-8-14-39(37)51-43/h3-21H,1-2H3. The van der Waals surface area contributed by atoms with Crippen LogP contribution in [0.15, 0.2) is 124 Å². The van der Waals surface area contributed by atoms with Crippen molar-refractivity contribution < 1.29 is 8.83 Å². The van der Waals surface area contributed by atoms with Crippen LogP contribution in [0.2, 0.25) is 0 Å². The fraction of sp³-hybridized carbons (Fsp3) is 0.0682. The summed E-state index contributed by atoms with van der Waals surface area (Å²) in [6.07, 6.45) is 0. The maximum absolute atomic E-state index is 10.9. The summed E-state index contributed by atoms with van der Waals surface area (Å²) in [5, 5.41) is 31.9. The minimum Gasteiger partial charge on any atom is -0.436 e. The number of oxazole rings is 2. The van der Waals surface area contributed by atoms with Crippen LogP contribution in [0, 0.1) is 34.0 Å². The molecule has 7 heteroatoms. The Morgan fingerprint density at radius 2 is 1.04 bits per heavy atom. The first-order valence-corrected chi connectivity index (χ1v) is 16.4. The van der Waals surface area contributed by atoms with Gasteiger partial charge in [0.1, 0.15) is 17.1 Å². The van der Waals surface area contributed by atoms with Gasteiger partial charge in [0.2, 0.25) is 11.8 Å². The fourth-order valence-corrected chi connectivity index (χ4v) is 7.44. The Labute approximate surface area is 292 Å². The molecule has 0 saturated carbocycles. The fourth-order valence-electron chi connectivity index (χ4n) is 7.44. The van der Waals surface area contributed by atoms with Crippen LogP contribution in [0.3, 0.4) is 0 Å². The number of nitriles is 3. The maximum atomic E-state index is 10.9. The highest BCUT2D eigenvalue weighted by Crippen LogP contribution is 2.50. The van der Waals surface area contributed by atoms with Crippen LogP contribution in [0.25, 0.3) is 78.5 Å². The Kier molecular flexibility index (Phi) is 6.52. The van der Waals surface area contributed by atoms with Gasteiger partial charge in [-0.2, -0.15) is 15.8 Å². The van der Waals surface area contributed by atoms with E-state index in [0.29, 0.717) is 61.8 Å². The van der Waals surface area contributed by atoms with Gasteiger partial charge in [-0.3, -0.25) is 0 Å². The molecule has 8 aromatic rings. The first kappa shape index (κ1) is 29.8. The number of aromatic nitrogens is 2. The number of benzene rings is 6. The van der Waals surface area contributed by atoms with E-state index >= 15 is 0 Å². The van der Waals surface area contributed by atoms with Crippen molar-refractivity contribution in [2.45, 2.75) is 19.3 Å². The topological polar surface area (TPSA) is 123 Å². The molecule has 0 spiro atoms. The molecule has 0 atom stereocenters. The zero-order chi connectivity index (χ0) is 34.9. The molecule has 1 aliphatic carbocycles. The zero-order valence-electron chi connectivity index (χ0n) is 27.5. The molecule has 0 radical (unpaired) electrons. The summed E-state index contributed by atoms with van der Waals surface area (Å²) < 4.78 is 12.4. The lowest BCUT2D eigenvalue weighted by Gasteiger charge is -2.22. The molecule has 0 aliphatic heterocycles. The van der Waals surface area contributed by atoms with Gasteiger partial charge < -0.3 is 8.83 Å². The molecule has 6 aromatic carbocycles. The van der Waals surface area contributed by atoms with Gasteiger partial charge in [-0.15, -0.1) is 0 Å². The molecule has 2 aromatic heterocycles. The maximum Gasteiger partial charge on any atom is 0.227 e. The van der Waals surface area contributed by atoms with Crippen molar-refractivity contribution in [3.8, 4) is 74.5 Å². The van der Waals surface area contributed by atoms with Gasteiger partial charge in [0.05, 0.1) is 28.8 Å². The van der Waals surface area contributed by atoms with Gasteiger partial charge in [0.15, 0.2) is 11.2 Å². The Hall–Kier alpha value is -7.27. The minimum atomic E-state index is -0.292. The smallest absolute Gasteiger partial charge is 0.227 e. The molecule has 9 rings (SSSR count). The highest BCUT2D eigenvalue weighted by atomic mass is 16.4.